The first-order chi connectivity index (χ1) is 22.7. The van der Waals surface area contributed by atoms with Crippen molar-refractivity contribution in [3.63, 3.8) is 0 Å². The summed E-state index contributed by atoms with van der Waals surface area (Å²) in [4.78, 5) is 72.6. The first-order valence-electron chi connectivity index (χ1n) is 17.6. The second-order valence-corrected chi connectivity index (χ2v) is 16.8. The third-order valence-corrected chi connectivity index (χ3v) is 7.16. The Kier molecular flexibility index (Phi) is 17.8. The number of hydrogen-bond donors (Lipinski definition) is 0. The van der Waals surface area contributed by atoms with Crippen molar-refractivity contribution in [2.24, 2.45) is 0 Å². The van der Waals surface area contributed by atoms with E-state index in [2.05, 4.69) is 0 Å². The number of ether oxygens (including phenoxy) is 5. The summed E-state index contributed by atoms with van der Waals surface area (Å²) >= 11 is 0. The zero-order valence-electron chi connectivity index (χ0n) is 33.1. The summed E-state index contributed by atoms with van der Waals surface area (Å²) in [5.41, 5.74) is -2.77. The molecule has 1 aliphatic rings. The number of methoxy groups -OCH3 is 1. The summed E-state index contributed by atoms with van der Waals surface area (Å²) in [5, 5.41) is 0. The largest absolute Gasteiger partial charge is 0.469 e. The van der Waals surface area contributed by atoms with Gasteiger partial charge in [-0.1, -0.05) is 0 Å². The molecular weight excluding hydrogens is 648 g/mol. The lowest BCUT2D eigenvalue weighted by Crippen LogP contribution is -2.53. The molecule has 290 valence electrons. The Hall–Kier alpha value is -2.81. The van der Waals surface area contributed by atoms with Crippen LogP contribution in [0.4, 0.5) is 0 Å². The SMILES string of the molecule is COC(=O)CC[C@H](C(=O)OC(C)(C)C)N1CCN(CC(=O)OC(C)(C)C)CCN(CC(=O)OC(C)(C)C)CCN(CC(=O)OC(C)(C)C)CC1. The van der Waals surface area contributed by atoms with Gasteiger partial charge in [-0.2, -0.15) is 0 Å². The van der Waals surface area contributed by atoms with Crippen LogP contribution >= 0.6 is 0 Å². The van der Waals surface area contributed by atoms with Crippen LogP contribution in [0.5, 0.6) is 0 Å². The van der Waals surface area contributed by atoms with Gasteiger partial charge in [0.2, 0.25) is 0 Å². The Morgan fingerprint density at radius 2 is 0.780 bits per heavy atom. The van der Waals surface area contributed by atoms with E-state index in [1.807, 2.05) is 40.4 Å². The maximum atomic E-state index is 13.7. The molecule has 0 aromatic carbocycles. The predicted octanol–water partition coefficient (Wildman–Crippen LogP) is 2.90. The van der Waals surface area contributed by atoms with Crippen molar-refractivity contribution >= 4 is 29.8 Å². The third-order valence-electron chi connectivity index (χ3n) is 7.16. The number of carbonyl (C=O) groups is 5. The van der Waals surface area contributed by atoms with Gasteiger partial charge in [-0.3, -0.25) is 43.6 Å². The van der Waals surface area contributed by atoms with Crippen molar-refractivity contribution in [2.75, 3.05) is 79.1 Å². The molecule has 1 saturated heterocycles. The van der Waals surface area contributed by atoms with Crippen LogP contribution in [0.25, 0.3) is 0 Å². The molecule has 0 saturated carbocycles. The monoisotopic (exact) mass is 714 g/mol. The van der Waals surface area contributed by atoms with Crippen LogP contribution in [0.1, 0.15) is 95.9 Å². The van der Waals surface area contributed by atoms with Crippen molar-refractivity contribution in [2.45, 2.75) is 124 Å². The molecular formula is C36H66N4O10. The fourth-order valence-corrected chi connectivity index (χ4v) is 5.18. The quantitative estimate of drug-likeness (QED) is 0.229. The average molecular weight is 715 g/mol. The maximum absolute atomic E-state index is 13.7. The molecule has 50 heavy (non-hydrogen) atoms. The lowest BCUT2D eigenvalue weighted by molar-refractivity contribution is -0.163. The van der Waals surface area contributed by atoms with Crippen molar-refractivity contribution < 1.29 is 47.7 Å². The van der Waals surface area contributed by atoms with Gasteiger partial charge >= 0.3 is 29.8 Å². The summed E-state index contributed by atoms with van der Waals surface area (Å²) in [6.07, 6.45) is 0.156. The van der Waals surface area contributed by atoms with Crippen molar-refractivity contribution in [3.05, 3.63) is 0 Å². The first kappa shape index (κ1) is 45.2. The molecule has 0 aliphatic carbocycles. The fraction of sp³-hybridized carbons (Fsp3) is 0.861. The maximum Gasteiger partial charge on any atom is 0.323 e. The van der Waals surface area contributed by atoms with Crippen molar-refractivity contribution in [1.82, 2.24) is 19.6 Å². The van der Waals surface area contributed by atoms with Crippen LogP contribution in [-0.4, -0.2) is 157 Å². The summed E-state index contributed by atoms with van der Waals surface area (Å²) in [6.45, 7) is 24.7. The predicted molar refractivity (Wildman–Crippen MR) is 189 cm³/mol. The highest BCUT2D eigenvalue weighted by atomic mass is 16.6. The van der Waals surface area contributed by atoms with E-state index >= 15 is 0 Å². The number of esters is 5. The van der Waals surface area contributed by atoms with E-state index in [0.717, 1.165) is 0 Å². The van der Waals surface area contributed by atoms with Crippen LogP contribution in [0.15, 0.2) is 0 Å². The highest BCUT2D eigenvalue weighted by molar-refractivity contribution is 5.78. The van der Waals surface area contributed by atoms with Gasteiger partial charge in [0.1, 0.15) is 28.4 Å². The number of nitrogens with zero attached hydrogens (tertiary/aromatic N) is 4. The van der Waals surface area contributed by atoms with Gasteiger partial charge in [0.25, 0.3) is 0 Å². The molecule has 0 N–H and O–H groups in total. The molecule has 14 heteroatoms. The molecule has 1 atom stereocenters. The van der Waals surface area contributed by atoms with E-state index < -0.39 is 52.3 Å². The molecule has 14 nitrogen and oxygen atoms in total. The highest BCUT2D eigenvalue weighted by Gasteiger charge is 2.33. The van der Waals surface area contributed by atoms with Gasteiger partial charge < -0.3 is 23.7 Å². The first-order valence-corrected chi connectivity index (χ1v) is 17.6. The zero-order valence-corrected chi connectivity index (χ0v) is 33.1. The second kappa shape index (κ2) is 19.7. The molecule has 1 heterocycles. The smallest absolute Gasteiger partial charge is 0.323 e. The van der Waals surface area contributed by atoms with E-state index in [1.165, 1.54) is 7.11 Å². The average Bonchev–Trinajstić information content (AvgIpc) is 2.89. The Labute approximate surface area is 300 Å². The van der Waals surface area contributed by atoms with E-state index in [1.54, 1.807) is 62.3 Å². The van der Waals surface area contributed by atoms with E-state index in [9.17, 15) is 24.0 Å². The summed E-state index contributed by atoms with van der Waals surface area (Å²) in [6, 6.07) is -0.799. The highest BCUT2D eigenvalue weighted by Crippen LogP contribution is 2.18. The summed E-state index contributed by atoms with van der Waals surface area (Å²) < 4.78 is 27.6. The van der Waals surface area contributed by atoms with Crippen molar-refractivity contribution in [3.8, 4) is 0 Å². The van der Waals surface area contributed by atoms with Gasteiger partial charge in [0.15, 0.2) is 0 Å². The van der Waals surface area contributed by atoms with Crippen LogP contribution in [0.3, 0.4) is 0 Å². The van der Waals surface area contributed by atoms with Crippen molar-refractivity contribution in [1.29, 1.82) is 0 Å². The molecule has 1 fully saturated rings. The Morgan fingerprint density at radius 1 is 0.480 bits per heavy atom. The lowest BCUT2D eigenvalue weighted by Gasteiger charge is -2.37. The molecule has 0 aromatic rings. The molecule has 0 bridgehead atoms. The molecule has 1 aliphatic heterocycles. The minimum absolute atomic E-state index is 0.000218. The van der Waals surface area contributed by atoms with Gasteiger partial charge in [-0.25, -0.2) is 0 Å². The van der Waals surface area contributed by atoms with Gasteiger partial charge in [0, 0.05) is 58.8 Å². The minimum Gasteiger partial charge on any atom is -0.469 e. The molecule has 0 aromatic heterocycles. The van der Waals surface area contributed by atoms with Crippen LogP contribution in [0.2, 0.25) is 0 Å². The molecule has 0 unspecified atom stereocenters. The number of carbonyl (C=O) groups excluding carboxylic acids is 5. The van der Waals surface area contributed by atoms with E-state index in [-0.39, 0.29) is 38.4 Å². The third kappa shape index (κ3) is 21.4. The van der Waals surface area contributed by atoms with Crippen LogP contribution < -0.4 is 0 Å². The van der Waals surface area contributed by atoms with Crippen LogP contribution in [0, 0.1) is 0 Å². The molecule has 1 rings (SSSR count). The molecule has 0 amide bonds. The van der Waals surface area contributed by atoms with Gasteiger partial charge in [0.05, 0.1) is 26.7 Å². The Morgan fingerprint density at radius 3 is 1.06 bits per heavy atom. The number of rotatable bonds is 11. The topological polar surface area (TPSA) is 144 Å². The summed E-state index contributed by atoms with van der Waals surface area (Å²) in [7, 11) is 1.30. The minimum atomic E-state index is -0.799. The Bertz CT molecular complexity index is 1070. The standard InChI is InChI=1S/C36H66N4O10/c1-33(2,3)47-29(42)24-37-16-18-38(25-30(43)48-34(4,5)6)20-22-40(23-21-39(19-17-37)26-31(44)49-35(7,8)9)27(14-15-28(41)46-13)32(45)50-36(10,11)12/h27H,14-26H2,1-13H3/t27-/m1/s1. The van der Waals surface area contributed by atoms with E-state index in [4.69, 9.17) is 23.7 Å². The molecule has 0 radical (unpaired) electrons. The van der Waals surface area contributed by atoms with Crippen LogP contribution in [-0.2, 0) is 47.7 Å². The van der Waals surface area contributed by atoms with Gasteiger partial charge in [-0.05, 0) is 89.5 Å². The zero-order chi connectivity index (χ0) is 38.5. The lowest BCUT2D eigenvalue weighted by atomic mass is 10.1. The Balaban J connectivity index is 3.53. The fourth-order valence-electron chi connectivity index (χ4n) is 5.18. The normalized spacial score (nSPS) is 17.9. The second-order valence-electron chi connectivity index (χ2n) is 16.8. The summed E-state index contributed by atoms with van der Waals surface area (Å²) in [5.74, 6) is -2.09. The molecule has 0 spiro atoms. The van der Waals surface area contributed by atoms with E-state index in [0.29, 0.717) is 52.4 Å². The van der Waals surface area contributed by atoms with Gasteiger partial charge in [-0.15, -0.1) is 0 Å². The number of hydrogen-bond acceptors (Lipinski definition) is 14.